The van der Waals surface area contributed by atoms with Crippen LogP contribution >= 0.6 is 0 Å². The van der Waals surface area contributed by atoms with Gasteiger partial charge in [0.2, 0.25) is 0 Å². The second-order valence-electron chi connectivity index (χ2n) is 4.25. The van der Waals surface area contributed by atoms with Gasteiger partial charge in [-0.25, -0.2) is 0 Å². The van der Waals surface area contributed by atoms with Gasteiger partial charge < -0.3 is 10.2 Å². The topological polar surface area (TPSA) is 15.3 Å². The first kappa shape index (κ1) is 11.0. The molecular formula is C11H24N2. The highest BCUT2D eigenvalue weighted by atomic mass is 15.1. The van der Waals surface area contributed by atoms with E-state index in [-0.39, 0.29) is 0 Å². The van der Waals surface area contributed by atoms with Crippen molar-refractivity contribution in [1.82, 2.24) is 10.2 Å². The molecule has 0 saturated heterocycles. The smallest absolute Gasteiger partial charge is 0.0107 e. The van der Waals surface area contributed by atoms with Crippen molar-refractivity contribution in [3.05, 3.63) is 0 Å². The molecule has 0 aromatic rings. The van der Waals surface area contributed by atoms with Gasteiger partial charge in [0.25, 0.3) is 0 Å². The normalized spacial score (nSPS) is 27.7. The standard InChI is InChI=1S/C11H24N2/c1-4-13(5-2)7-6-12-11-8-10(3)9-11/h10-12H,4-9H2,1-3H3. The molecule has 1 aliphatic rings. The molecule has 1 aliphatic carbocycles. The Bertz CT molecular complexity index is 126. The Kier molecular flexibility index (Phi) is 4.74. The fourth-order valence-electron chi connectivity index (χ4n) is 2.04. The van der Waals surface area contributed by atoms with E-state index in [0.717, 1.165) is 12.0 Å². The highest BCUT2D eigenvalue weighted by Gasteiger charge is 2.24. The third-order valence-electron chi connectivity index (χ3n) is 3.13. The van der Waals surface area contributed by atoms with Gasteiger partial charge in [-0.15, -0.1) is 0 Å². The first-order chi connectivity index (χ1) is 6.26. The Morgan fingerprint density at radius 2 is 1.85 bits per heavy atom. The van der Waals surface area contributed by atoms with E-state index in [9.17, 15) is 0 Å². The second-order valence-corrected chi connectivity index (χ2v) is 4.25. The lowest BCUT2D eigenvalue weighted by atomic mass is 9.82. The van der Waals surface area contributed by atoms with Gasteiger partial charge in [-0.2, -0.15) is 0 Å². The predicted octanol–water partition coefficient (Wildman–Crippen LogP) is 1.72. The van der Waals surface area contributed by atoms with Crippen molar-refractivity contribution in [3.63, 3.8) is 0 Å². The Balaban J connectivity index is 1.94. The molecule has 0 aliphatic heterocycles. The molecule has 0 heterocycles. The highest BCUT2D eigenvalue weighted by Crippen LogP contribution is 2.25. The fourth-order valence-corrected chi connectivity index (χ4v) is 2.04. The molecular weight excluding hydrogens is 160 g/mol. The maximum atomic E-state index is 3.61. The van der Waals surface area contributed by atoms with Crippen LogP contribution in [0, 0.1) is 5.92 Å². The zero-order valence-electron chi connectivity index (χ0n) is 9.34. The summed E-state index contributed by atoms with van der Waals surface area (Å²) < 4.78 is 0. The Labute approximate surface area is 82.7 Å². The van der Waals surface area contributed by atoms with Crippen LogP contribution in [-0.2, 0) is 0 Å². The predicted molar refractivity (Wildman–Crippen MR) is 58.0 cm³/mol. The summed E-state index contributed by atoms with van der Waals surface area (Å²) >= 11 is 0. The summed E-state index contributed by atoms with van der Waals surface area (Å²) in [6.45, 7) is 11.5. The summed E-state index contributed by atoms with van der Waals surface area (Å²) in [5.74, 6) is 0.964. The van der Waals surface area contributed by atoms with Crippen LogP contribution in [0.1, 0.15) is 33.6 Å². The number of nitrogens with zero attached hydrogens (tertiary/aromatic N) is 1. The van der Waals surface area contributed by atoms with E-state index in [1.165, 1.54) is 39.0 Å². The first-order valence-electron chi connectivity index (χ1n) is 5.72. The minimum Gasteiger partial charge on any atom is -0.313 e. The lowest BCUT2D eigenvalue weighted by Crippen LogP contribution is -2.43. The van der Waals surface area contributed by atoms with Crippen LogP contribution in [0.15, 0.2) is 0 Å². The van der Waals surface area contributed by atoms with Crippen molar-refractivity contribution in [2.24, 2.45) is 5.92 Å². The largest absolute Gasteiger partial charge is 0.313 e. The molecule has 1 N–H and O–H groups in total. The monoisotopic (exact) mass is 184 g/mol. The lowest BCUT2D eigenvalue weighted by Gasteiger charge is -2.34. The number of rotatable bonds is 6. The average molecular weight is 184 g/mol. The van der Waals surface area contributed by atoms with E-state index in [1.807, 2.05) is 0 Å². The van der Waals surface area contributed by atoms with Gasteiger partial charge in [0.15, 0.2) is 0 Å². The fraction of sp³-hybridized carbons (Fsp3) is 1.00. The van der Waals surface area contributed by atoms with Gasteiger partial charge in [-0.3, -0.25) is 0 Å². The SMILES string of the molecule is CCN(CC)CCNC1CC(C)C1. The van der Waals surface area contributed by atoms with Gasteiger partial charge in [0, 0.05) is 19.1 Å². The molecule has 1 rings (SSSR count). The highest BCUT2D eigenvalue weighted by molar-refractivity contribution is 4.82. The van der Waals surface area contributed by atoms with Crippen LogP contribution in [-0.4, -0.2) is 37.1 Å². The van der Waals surface area contributed by atoms with Crippen molar-refractivity contribution in [3.8, 4) is 0 Å². The molecule has 1 fully saturated rings. The zero-order valence-corrected chi connectivity index (χ0v) is 9.34. The van der Waals surface area contributed by atoms with Crippen LogP contribution in [0.4, 0.5) is 0 Å². The van der Waals surface area contributed by atoms with Crippen molar-refractivity contribution in [2.75, 3.05) is 26.2 Å². The van der Waals surface area contributed by atoms with Crippen LogP contribution in [0.5, 0.6) is 0 Å². The molecule has 0 aromatic heterocycles. The van der Waals surface area contributed by atoms with E-state index in [4.69, 9.17) is 0 Å². The van der Waals surface area contributed by atoms with Gasteiger partial charge in [-0.05, 0) is 31.8 Å². The number of hydrogen-bond donors (Lipinski definition) is 1. The Morgan fingerprint density at radius 3 is 2.31 bits per heavy atom. The molecule has 0 atom stereocenters. The van der Waals surface area contributed by atoms with Crippen molar-refractivity contribution < 1.29 is 0 Å². The Hall–Kier alpha value is -0.0800. The molecule has 0 unspecified atom stereocenters. The molecule has 0 aromatic carbocycles. The molecule has 1 saturated carbocycles. The average Bonchev–Trinajstić information content (AvgIpc) is 2.09. The van der Waals surface area contributed by atoms with Gasteiger partial charge in [0.05, 0.1) is 0 Å². The molecule has 13 heavy (non-hydrogen) atoms. The summed E-state index contributed by atoms with van der Waals surface area (Å²) in [6.07, 6.45) is 2.77. The van der Waals surface area contributed by atoms with E-state index in [0.29, 0.717) is 0 Å². The molecule has 0 amide bonds. The van der Waals surface area contributed by atoms with Crippen molar-refractivity contribution in [2.45, 2.75) is 39.7 Å². The summed E-state index contributed by atoms with van der Waals surface area (Å²) in [6, 6.07) is 0.825. The maximum Gasteiger partial charge on any atom is 0.0107 e. The summed E-state index contributed by atoms with van der Waals surface area (Å²) in [5, 5.41) is 3.61. The summed E-state index contributed by atoms with van der Waals surface area (Å²) in [5.41, 5.74) is 0. The Morgan fingerprint density at radius 1 is 1.23 bits per heavy atom. The van der Waals surface area contributed by atoms with Crippen LogP contribution in [0.3, 0.4) is 0 Å². The molecule has 2 nitrogen and oxygen atoms in total. The van der Waals surface area contributed by atoms with Gasteiger partial charge in [-0.1, -0.05) is 20.8 Å². The third-order valence-corrected chi connectivity index (χ3v) is 3.13. The van der Waals surface area contributed by atoms with Crippen molar-refractivity contribution >= 4 is 0 Å². The molecule has 2 heteroatoms. The lowest BCUT2D eigenvalue weighted by molar-refractivity contribution is 0.225. The van der Waals surface area contributed by atoms with E-state index in [2.05, 4.69) is 31.0 Å². The minimum atomic E-state index is 0.825. The first-order valence-corrected chi connectivity index (χ1v) is 5.72. The third kappa shape index (κ3) is 3.65. The zero-order chi connectivity index (χ0) is 9.68. The van der Waals surface area contributed by atoms with E-state index in [1.54, 1.807) is 0 Å². The van der Waals surface area contributed by atoms with E-state index >= 15 is 0 Å². The second kappa shape index (κ2) is 5.61. The molecule has 78 valence electrons. The maximum absolute atomic E-state index is 3.61. The van der Waals surface area contributed by atoms with Crippen LogP contribution in [0.25, 0.3) is 0 Å². The van der Waals surface area contributed by atoms with Gasteiger partial charge >= 0.3 is 0 Å². The number of likely N-dealkylation sites (N-methyl/N-ethyl adjacent to an activating group) is 1. The van der Waals surface area contributed by atoms with Crippen LogP contribution in [0.2, 0.25) is 0 Å². The number of nitrogens with one attached hydrogen (secondary N) is 1. The molecule has 0 radical (unpaired) electrons. The summed E-state index contributed by atoms with van der Waals surface area (Å²) in [4.78, 5) is 2.47. The molecule has 0 bridgehead atoms. The van der Waals surface area contributed by atoms with Crippen molar-refractivity contribution in [1.29, 1.82) is 0 Å². The summed E-state index contributed by atoms with van der Waals surface area (Å²) in [7, 11) is 0. The minimum absolute atomic E-state index is 0.825. The van der Waals surface area contributed by atoms with Crippen LogP contribution < -0.4 is 5.32 Å². The quantitative estimate of drug-likeness (QED) is 0.676. The molecule has 0 spiro atoms. The number of hydrogen-bond acceptors (Lipinski definition) is 2. The van der Waals surface area contributed by atoms with E-state index < -0.39 is 0 Å². The van der Waals surface area contributed by atoms with Gasteiger partial charge in [0.1, 0.15) is 0 Å².